The van der Waals surface area contributed by atoms with E-state index in [1.165, 1.54) is 12.4 Å². The Morgan fingerprint density at radius 2 is 2.31 bits per heavy atom. The first-order chi connectivity index (χ1) is 7.66. The molecule has 84 valence electrons. The fraction of sp³-hybridized carbons (Fsp3) is 0.300. The lowest BCUT2D eigenvalue weighted by Crippen LogP contribution is -2.09. The number of rotatable bonds is 3. The molecule has 0 saturated carbocycles. The van der Waals surface area contributed by atoms with E-state index in [1.54, 1.807) is 17.1 Å². The number of aromatic amines is 1. The van der Waals surface area contributed by atoms with Gasteiger partial charge in [-0.15, -0.1) is 0 Å². The SMILES string of the molecule is CC(C)n1cc(Oc2ncc[nH]c2=O)cn1. The van der Waals surface area contributed by atoms with E-state index in [0.29, 0.717) is 5.75 Å². The lowest BCUT2D eigenvalue weighted by molar-refractivity contribution is 0.451. The topological polar surface area (TPSA) is 72.8 Å². The molecular formula is C10H12N4O2. The van der Waals surface area contributed by atoms with Gasteiger partial charge in [-0.25, -0.2) is 4.98 Å². The summed E-state index contributed by atoms with van der Waals surface area (Å²) in [6.07, 6.45) is 6.18. The van der Waals surface area contributed by atoms with Crippen molar-refractivity contribution in [3.8, 4) is 11.6 Å². The molecule has 0 aliphatic rings. The zero-order chi connectivity index (χ0) is 11.5. The van der Waals surface area contributed by atoms with E-state index in [1.807, 2.05) is 13.8 Å². The van der Waals surface area contributed by atoms with Crippen molar-refractivity contribution in [1.82, 2.24) is 19.7 Å². The van der Waals surface area contributed by atoms with Crippen LogP contribution in [-0.2, 0) is 0 Å². The maximum Gasteiger partial charge on any atom is 0.311 e. The smallest absolute Gasteiger partial charge is 0.311 e. The van der Waals surface area contributed by atoms with E-state index in [2.05, 4.69) is 15.1 Å². The summed E-state index contributed by atoms with van der Waals surface area (Å²) in [7, 11) is 0. The fourth-order valence-electron chi connectivity index (χ4n) is 1.18. The summed E-state index contributed by atoms with van der Waals surface area (Å²) in [4.78, 5) is 17.6. The minimum absolute atomic E-state index is 0.0193. The molecule has 0 saturated heterocycles. The third-order valence-electron chi connectivity index (χ3n) is 2.00. The second-order valence-electron chi connectivity index (χ2n) is 3.58. The van der Waals surface area contributed by atoms with Crippen molar-refractivity contribution in [2.75, 3.05) is 0 Å². The van der Waals surface area contributed by atoms with Gasteiger partial charge in [-0.2, -0.15) is 5.10 Å². The lowest BCUT2D eigenvalue weighted by Gasteiger charge is -2.03. The van der Waals surface area contributed by atoms with Gasteiger partial charge in [-0.1, -0.05) is 0 Å². The quantitative estimate of drug-likeness (QED) is 0.847. The van der Waals surface area contributed by atoms with Crippen molar-refractivity contribution in [3.05, 3.63) is 35.1 Å². The Morgan fingerprint density at radius 3 is 2.94 bits per heavy atom. The highest BCUT2D eigenvalue weighted by Gasteiger charge is 2.06. The van der Waals surface area contributed by atoms with Crippen LogP contribution in [0.15, 0.2) is 29.6 Å². The van der Waals surface area contributed by atoms with Crippen LogP contribution in [0, 0.1) is 0 Å². The molecule has 6 nitrogen and oxygen atoms in total. The van der Waals surface area contributed by atoms with Gasteiger partial charge >= 0.3 is 5.56 Å². The van der Waals surface area contributed by atoms with Crippen LogP contribution < -0.4 is 10.3 Å². The third-order valence-corrected chi connectivity index (χ3v) is 2.00. The largest absolute Gasteiger partial charge is 0.431 e. The van der Waals surface area contributed by atoms with Gasteiger partial charge in [0.2, 0.25) is 0 Å². The molecule has 6 heteroatoms. The Bertz CT molecular complexity index is 529. The van der Waals surface area contributed by atoms with E-state index in [9.17, 15) is 4.79 Å². The van der Waals surface area contributed by atoms with Crippen molar-refractivity contribution in [3.63, 3.8) is 0 Å². The first-order valence-corrected chi connectivity index (χ1v) is 4.92. The Hall–Kier alpha value is -2.11. The summed E-state index contributed by atoms with van der Waals surface area (Å²) in [5, 5.41) is 4.09. The Morgan fingerprint density at radius 1 is 1.50 bits per heavy atom. The number of hydrogen-bond donors (Lipinski definition) is 1. The van der Waals surface area contributed by atoms with Gasteiger partial charge in [-0.05, 0) is 13.8 Å². The van der Waals surface area contributed by atoms with E-state index in [4.69, 9.17) is 4.74 Å². The molecule has 0 radical (unpaired) electrons. The number of H-pyrrole nitrogens is 1. The van der Waals surface area contributed by atoms with Gasteiger partial charge in [0, 0.05) is 18.4 Å². The second kappa shape index (κ2) is 4.18. The molecule has 0 spiro atoms. The van der Waals surface area contributed by atoms with Gasteiger partial charge in [-0.3, -0.25) is 9.48 Å². The minimum atomic E-state index is -0.361. The number of nitrogens with one attached hydrogen (secondary N) is 1. The highest BCUT2D eigenvalue weighted by Crippen LogP contribution is 2.16. The maximum atomic E-state index is 11.3. The van der Waals surface area contributed by atoms with Gasteiger partial charge in [0.1, 0.15) is 0 Å². The molecule has 2 aromatic heterocycles. The standard InChI is InChI=1S/C10H12N4O2/c1-7(2)14-6-8(5-13-14)16-10-9(15)11-3-4-12-10/h3-7H,1-2H3,(H,11,15). The average molecular weight is 220 g/mol. The van der Waals surface area contributed by atoms with E-state index in [0.717, 1.165) is 0 Å². The van der Waals surface area contributed by atoms with Gasteiger partial charge < -0.3 is 9.72 Å². The van der Waals surface area contributed by atoms with Crippen molar-refractivity contribution < 1.29 is 4.74 Å². The number of aromatic nitrogens is 4. The minimum Gasteiger partial charge on any atom is -0.431 e. The summed E-state index contributed by atoms with van der Waals surface area (Å²) in [6.45, 7) is 4.01. The van der Waals surface area contributed by atoms with Crippen molar-refractivity contribution in [2.45, 2.75) is 19.9 Å². The van der Waals surface area contributed by atoms with Crippen LogP contribution in [-0.4, -0.2) is 19.7 Å². The fourth-order valence-corrected chi connectivity index (χ4v) is 1.18. The molecular weight excluding hydrogens is 208 g/mol. The van der Waals surface area contributed by atoms with Crippen LogP contribution in [0.4, 0.5) is 0 Å². The third kappa shape index (κ3) is 2.10. The number of ether oxygens (including phenoxy) is 1. The van der Waals surface area contributed by atoms with Crippen molar-refractivity contribution in [1.29, 1.82) is 0 Å². The normalized spacial score (nSPS) is 10.7. The molecule has 0 fully saturated rings. The summed E-state index contributed by atoms with van der Waals surface area (Å²) < 4.78 is 7.04. The van der Waals surface area contributed by atoms with E-state index in [-0.39, 0.29) is 17.5 Å². The monoisotopic (exact) mass is 220 g/mol. The zero-order valence-corrected chi connectivity index (χ0v) is 9.04. The lowest BCUT2D eigenvalue weighted by atomic mass is 10.4. The summed E-state index contributed by atoms with van der Waals surface area (Å²) in [6, 6.07) is 0.249. The van der Waals surface area contributed by atoms with Gasteiger partial charge in [0.25, 0.3) is 5.88 Å². The highest BCUT2D eigenvalue weighted by molar-refractivity contribution is 5.19. The first-order valence-electron chi connectivity index (χ1n) is 4.92. The van der Waals surface area contributed by atoms with Gasteiger partial charge in [0.15, 0.2) is 5.75 Å². The molecule has 2 aromatic rings. The number of nitrogens with zero attached hydrogens (tertiary/aromatic N) is 3. The van der Waals surface area contributed by atoms with Crippen LogP contribution in [0.25, 0.3) is 0 Å². The molecule has 0 atom stereocenters. The average Bonchev–Trinajstić information content (AvgIpc) is 2.70. The van der Waals surface area contributed by atoms with Crippen LogP contribution in [0.2, 0.25) is 0 Å². The van der Waals surface area contributed by atoms with Crippen LogP contribution in [0.3, 0.4) is 0 Å². The molecule has 0 unspecified atom stereocenters. The predicted octanol–water partition coefficient (Wildman–Crippen LogP) is 1.34. The molecule has 0 bridgehead atoms. The Balaban J connectivity index is 2.21. The zero-order valence-electron chi connectivity index (χ0n) is 9.04. The summed E-state index contributed by atoms with van der Waals surface area (Å²) in [5.41, 5.74) is -0.361. The second-order valence-corrected chi connectivity index (χ2v) is 3.58. The number of hydrogen-bond acceptors (Lipinski definition) is 4. The molecule has 2 rings (SSSR count). The molecule has 0 aliphatic carbocycles. The van der Waals surface area contributed by atoms with E-state index >= 15 is 0 Å². The van der Waals surface area contributed by atoms with Crippen molar-refractivity contribution >= 4 is 0 Å². The maximum absolute atomic E-state index is 11.3. The van der Waals surface area contributed by atoms with Crippen LogP contribution >= 0.6 is 0 Å². The van der Waals surface area contributed by atoms with E-state index < -0.39 is 0 Å². The summed E-state index contributed by atoms with van der Waals surface area (Å²) >= 11 is 0. The Kier molecular flexibility index (Phi) is 2.72. The van der Waals surface area contributed by atoms with Gasteiger partial charge in [0.05, 0.1) is 12.4 Å². The predicted molar refractivity (Wildman–Crippen MR) is 57.5 cm³/mol. The highest BCUT2D eigenvalue weighted by atomic mass is 16.5. The first kappa shape index (κ1) is 10.4. The molecule has 0 aliphatic heterocycles. The summed E-state index contributed by atoms with van der Waals surface area (Å²) in [5.74, 6) is 0.517. The molecule has 0 amide bonds. The molecule has 16 heavy (non-hydrogen) atoms. The van der Waals surface area contributed by atoms with Crippen molar-refractivity contribution in [2.24, 2.45) is 0 Å². The molecule has 0 aromatic carbocycles. The molecule has 2 heterocycles. The van der Waals surface area contributed by atoms with Crippen LogP contribution in [0.1, 0.15) is 19.9 Å². The Labute approximate surface area is 91.9 Å². The molecule has 1 N–H and O–H groups in total. The van der Waals surface area contributed by atoms with Crippen LogP contribution in [0.5, 0.6) is 11.6 Å².